The van der Waals surface area contributed by atoms with E-state index in [1.807, 2.05) is 18.2 Å². The molecule has 1 unspecified atom stereocenters. The highest BCUT2D eigenvalue weighted by molar-refractivity contribution is 8.43. The first kappa shape index (κ1) is 44.6. The van der Waals surface area contributed by atoms with Crippen molar-refractivity contribution in [2.75, 3.05) is 13.6 Å². The minimum atomic E-state index is -2.02. The van der Waals surface area contributed by atoms with Gasteiger partial charge in [0.1, 0.15) is 0 Å². The van der Waals surface area contributed by atoms with Crippen molar-refractivity contribution in [3.8, 4) is 0 Å². The summed E-state index contributed by atoms with van der Waals surface area (Å²) < 4.78 is 0. The molecule has 0 bridgehead atoms. The Hall–Kier alpha value is -5.51. The molecule has 0 saturated carbocycles. The van der Waals surface area contributed by atoms with E-state index in [0.29, 0.717) is 0 Å². The first-order valence-corrected chi connectivity index (χ1v) is 22.9. The molecule has 0 amide bonds. The largest absolute Gasteiger partial charge is 0.345 e. The molecular weight excluding hydrogens is 733 g/mol. The van der Waals surface area contributed by atoms with Crippen molar-refractivity contribution in [1.82, 2.24) is 9.80 Å². The van der Waals surface area contributed by atoms with Crippen LogP contribution in [0, 0.1) is 0 Å². The van der Waals surface area contributed by atoms with Gasteiger partial charge >= 0.3 is 0 Å². The fraction of sp³-hybridized carbons (Fsp3) is 0.250. The molecule has 0 saturated heterocycles. The Bertz CT molecular complexity index is 2260. The molecule has 5 rings (SSSR count). The van der Waals surface area contributed by atoms with Crippen molar-refractivity contribution in [2.45, 2.75) is 85.0 Å². The third-order valence-electron chi connectivity index (χ3n) is 11.0. The average molecular weight is 799 g/mol. The van der Waals surface area contributed by atoms with Gasteiger partial charge in [0, 0.05) is 51.1 Å². The average Bonchev–Trinajstić information content (AvgIpc) is 3.43. The number of hydrogen-bond donors (Lipinski definition) is 0. The molecule has 2 nitrogen and oxygen atoms in total. The standard InChI is InChI=1S/C56H66N2S/c1-11-17-32-51(16-6)59(52-33-19-18-20-34-52)55-40-48(57(10)47(15-5)38-43(7)14-4)31-25-36-54(55)53-35-24-23-30-50(41-56(53)59)58(42-46-29-22-21-28-45(9)37-46)49(27-13-3)39-44(8)26-12-2/h11-12,14-22,25,27-28,30-35,37-41H,1-2,4,13,23-24,26,29,36,42H2,3,5-10H3/b32-17-,43-38-,44-39-,47-15+,49-27+,50-30?,51-16+,53-35-,56-41+. The van der Waals surface area contributed by atoms with E-state index in [1.165, 1.54) is 58.9 Å². The summed E-state index contributed by atoms with van der Waals surface area (Å²) in [6, 6.07) is 11.3. The van der Waals surface area contributed by atoms with Crippen LogP contribution in [0.25, 0.3) is 0 Å². The summed E-state index contributed by atoms with van der Waals surface area (Å²) in [5, 5.41) is 0. The Morgan fingerprint density at radius 1 is 0.881 bits per heavy atom. The van der Waals surface area contributed by atoms with Crippen molar-refractivity contribution in [3.05, 3.63) is 243 Å². The quantitative estimate of drug-likeness (QED) is 0.121. The minimum absolute atomic E-state index is 0.795. The number of rotatable bonds is 16. The number of likely N-dealkylation sites (N-methyl/N-ethyl adjacent to an activating group) is 1. The van der Waals surface area contributed by atoms with Gasteiger partial charge in [0.2, 0.25) is 0 Å². The van der Waals surface area contributed by atoms with Gasteiger partial charge in [-0.05, 0) is 149 Å². The highest BCUT2D eigenvalue weighted by Crippen LogP contribution is 2.80. The number of nitrogens with zero attached hydrogens (tertiary/aromatic N) is 2. The molecule has 0 aromatic heterocycles. The number of hydrogen-bond acceptors (Lipinski definition) is 2. The smallest absolute Gasteiger partial charge is 0.0447 e. The van der Waals surface area contributed by atoms with Crippen LogP contribution in [0.4, 0.5) is 0 Å². The molecule has 1 aromatic rings. The van der Waals surface area contributed by atoms with Gasteiger partial charge in [-0.15, -0.1) is 16.6 Å². The number of allylic oxidation sites excluding steroid dienone is 25. The number of benzene rings is 1. The molecule has 306 valence electrons. The lowest BCUT2D eigenvalue weighted by Crippen LogP contribution is -2.25. The second-order valence-corrected chi connectivity index (χ2v) is 18.4. The maximum absolute atomic E-state index is 4.13. The molecule has 1 aliphatic heterocycles. The van der Waals surface area contributed by atoms with Crippen LogP contribution in [0.2, 0.25) is 0 Å². The van der Waals surface area contributed by atoms with Crippen LogP contribution in [-0.2, 0) is 0 Å². The summed E-state index contributed by atoms with van der Waals surface area (Å²) in [5.74, 6) is 0. The highest BCUT2D eigenvalue weighted by Gasteiger charge is 2.46. The van der Waals surface area contributed by atoms with Gasteiger partial charge in [-0.1, -0.05) is 134 Å². The van der Waals surface area contributed by atoms with Crippen molar-refractivity contribution in [3.63, 3.8) is 0 Å². The maximum atomic E-state index is 4.13. The fourth-order valence-corrected chi connectivity index (χ4v) is 12.6. The van der Waals surface area contributed by atoms with E-state index < -0.39 is 10.0 Å². The predicted molar refractivity (Wildman–Crippen MR) is 262 cm³/mol. The zero-order valence-electron chi connectivity index (χ0n) is 36.8. The molecule has 3 heteroatoms. The van der Waals surface area contributed by atoms with E-state index in [2.05, 4.69) is 212 Å². The Labute approximate surface area is 359 Å². The topological polar surface area (TPSA) is 6.48 Å². The Balaban J connectivity index is 1.88. The van der Waals surface area contributed by atoms with Crippen molar-refractivity contribution in [2.24, 2.45) is 0 Å². The van der Waals surface area contributed by atoms with Gasteiger partial charge in [-0.25, -0.2) is 0 Å². The van der Waals surface area contributed by atoms with E-state index >= 15 is 0 Å². The third-order valence-corrected chi connectivity index (χ3v) is 15.1. The molecular formula is C56H66N2S. The van der Waals surface area contributed by atoms with Gasteiger partial charge in [-0.2, -0.15) is 0 Å². The number of fused-ring (bicyclic) bond motifs is 2. The van der Waals surface area contributed by atoms with Crippen molar-refractivity contribution >= 4 is 10.0 Å². The van der Waals surface area contributed by atoms with Gasteiger partial charge in [0.25, 0.3) is 0 Å². The van der Waals surface area contributed by atoms with Gasteiger partial charge < -0.3 is 9.80 Å². The molecule has 0 fully saturated rings. The van der Waals surface area contributed by atoms with Gasteiger partial charge in [0.05, 0.1) is 0 Å². The Morgan fingerprint density at radius 3 is 2.36 bits per heavy atom. The summed E-state index contributed by atoms with van der Waals surface area (Å²) >= 11 is 0. The third kappa shape index (κ3) is 10.2. The Kier molecular flexibility index (Phi) is 16.2. The van der Waals surface area contributed by atoms with Crippen LogP contribution < -0.4 is 0 Å². The van der Waals surface area contributed by atoms with Gasteiger partial charge in [0.15, 0.2) is 0 Å². The van der Waals surface area contributed by atoms with Gasteiger partial charge in [-0.3, -0.25) is 0 Å². The van der Waals surface area contributed by atoms with E-state index in [4.69, 9.17) is 0 Å². The monoisotopic (exact) mass is 798 g/mol. The molecule has 3 aliphatic carbocycles. The van der Waals surface area contributed by atoms with E-state index in [-0.39, 0.29) is 0 Å². The first-order chi connectivity index (χ1) is 28.7. The van der Waals surface area contributed by atoms with Crippen molar-refractivity contribution < 1.29 is 0 Å². The minimum Gasteiger partial charge on any atom is -0.345 e. The zero-order chi connectivity index (χ0) is 42.4. The summed E-state index contributed by atoms with van der Waals surface area (Å²) in [4.78, 5) is 10.3. The van der Waals surface area contributed by atoms with Crippen LogP contribution in [0.5, 0.6) is 0 Å². The highest BCUT2D eigenvalue weighted by atomic mass is 32.3. The summed E-state index contributed by atoms with van der Waals surface area (Å²) in [5.41, 5.74) is 12.7. The lowest BCUT2D eigenvalue weighted by atomic mass is 9.98. The zero-order valence-corrected chi connectivity index (χ0v) is 37.6. The van der Waals surface area contributed by atoms with E-state index in [9.17, 15) is 0 Å². The first-order valence-electron chi connectivity index (χ1n) is 21.2. The van der Waals surface area contributed by atoms with Crippen LogP contribution in [-0.4, -0.2) is 23.4 Å². The molecule has 0 N–H and O–H groups in total. The van der Waals surface area contributed by atoms with E-state index in [0.717, 1.165) is 62.0 Å². The van der Waals surface area contributed by atoms with Crippen LogP contribution in [0.3, 0.4) is 0 Å². The molecule has 0 spiro atoms. The molecule has 0 radical (unpaired) electrons. The SMILES string of the molecule is C=C/C=C\C(=C/C)S1(c2ccccc2)C2=C(CC=CC(N(C)C(/C=C(/C)C=C)=C/C)=C2)C2=C/CCC=C(N(CC3=CC(C)=CC=CC3)C(/C=C(/C)CC=C)=C/CC)/C=C\21. The second kappa shape index (κ2) is 21.5. The lowest BCUT2D eigenvalue weighted by molar-refractivity contribution is 0.481. The molecule has 59 heavy (non-hydrogen) atoms. The fourth-order valence-electron chi connectivity index (χ4n) is 8.18. The molecule has 1 heterocycles. The molecule has 4 aliphatic rings. The summed E-state index contributed by atoms with van der Waals surface area (Å²) in [6.45, 7) is 26.1. The van der Waals surface area contributed by atoms with E-state index in [1.54, 1.807) is 0 Å². The summed E-state index contributed by atoms with van der Waals surface area (Å²) in [7, 11) is 0.162. The second-order valence-electron chi connectivity index (χ2n) is 15.4. The Morgan fingerprint density at radius 2 is 1.66 bits per heavy atom. The van der Waals surface area contributed by atoms with Crippen molar-refractivity contribution in [1.29, 1.82) is 0 Å². The van der Waals surface area contributed by atoms with Crippen LogP contribution in [0.1, 0.15) is 80.1 Å². The molecule has 1 atom stereocenters. The summed E-state index contributed by atoms with van der Waals surface area (Å²) in [6.07, 6.45) is 51.1. The maximum Gasteiger partial charge on any atom is 0.0447 e. The lowest BCUT2D eigenvalue weighted by Gasteiger charge is -2.43. The van der Waals surface area contributed by atoms with Crippen LogP contribution in [0.15, 0.2) is 247 Å². The molecule has 1 aromatic carbocycles. The normalized spacial score (nSPS) is 23.3. The van der Waals surface area contributed by atoms with Crippen LogP contribution >= 0.6 is 10.0 Å². The predicted octanol–water partition coefficient (Wildman–Crippen LogP) is 16.0.